The van der Waals surface area contributed by atoms with Gasteiger partial charge < -0.3 is 9.73 Å². The van der Waals surface area contributed by atoms with E-state index in [1.54, 1.807) is 36.4 Å². The summed E-state index contributed by atoms with van der Waals surface area (Å²) in [5.41, 5.74) is 2.94. The van der Waals surface area contributed by atoms with E-state index in [4.69, 9.17) is 4.42 Å². The quantitative estimate of drug-likeness (QED) is 0.322. The Hall–Kier alpha value is -4.26. The molecule has 7 nitrogen and oxygen atoms in total. The van der Waals surface area contributed by atoms with Crippen LogP contribution in [0, 0.1) is 0 Å². The highest BCUT2D eigenvalue weighted by Crippen LogP contribution is 2.22. The van der Waals surface area contributed by atoms with Crippen LogP contribution in [0.2, 0.25) is 0 Å². The third kappa shape index (κ3) is 3.74. The van der Waals surface area contributed by atoms with Crippen LogP contribution in [-0.2, 0) is 9.59 Å². The molecular formula is C22H15N3O4. The van der Waals surface area contributed by atoms with Crippen molar-refractivity contribution in [2.75, 3.05) is 5.32 Å². The van der Waals surface area contributed by atoms with E-state index in [1.807, 2.05) is 30.3 Å². The summed E-state index contributed by atoms with van der Waals surface area (Å²) in [5.74, 6) is -1.83. The van der Waals surface area contributed by atoms with Gasteiger partial charge in [-0.05, 0) is 23.6 Å². The average molecular weight is 385 g/mol. The predicted molar refractivity (Wildman–Crippen MR) is 111 cm³/mol. The van der Waals surface area contributed by atoms with E-state index in [2.05, 4.69) is 15.8 Å². The van der Waals surface area contributed by atoms with E-state index in [0.717, 1.165) is 17.0 Å². The first-order valence-electron chi connectivity index (χ1n) is 8.76. The Labute approximate surface area is 164 Å². The molecule has 4 aromatic rings. The van der Waals surface area contributed by atoms with E-state index >= 15 is 0 Å². The minimum absolute atomic E-state index is 0.151. The van der Waals surface area contributed by atoms with E-state index in [-0.39, 0.29) is 11.0 Å². The highest BCUT2D eigenvalue weighted by Gasteiger charge is 2.14. The summed E-state index contributed by atoms with van der Waals surface area (Å²) < 4.78 is 5.37. The summed E-state index contributed by atoms with van der Waals surface area (Å²) in [6, 6.07) is 19.7. The molecule has 0 atom stereocenters. The first-order chi connectivity index (χ1) is 14.1. The Kier molecular flexibility index (Phi) is 4.86. The van der Waals surface area contributed by atoms with Gasteiger partial charge in [-0.3, -0.25) is 14.4 Å². The molecule has 0 spiro atoms. The number of benzene rings is 3. The Morgan fingerprint density at radius 3 is 2.45 bits per heavy atom. The van der Waals surface area contributed by atoms with Crippen molar-refractivity contribution in [1.82, 2.24) is 5.43 Å². The van der Waals surface area contributed by atoms with Crippen molar-refractivity contribution in [1.29, 1.82) is 0 Å². The number of hydrogen-bond donors (Lipinski definition) is 2. The van der Waals surface area contributed by atoms with Crippen molar-refractivity contribution in [3.05, 3.63) is 88.8 Å². The van der Waals surface area contributed by atoms with Gasteiger partial charge in [-0.15, -0.1) is 0 Å². The fourth-order valence-electron chi connectivity index (χ4n) is 2.91. The van der Waals surface area contributed by atoms with Gasteiger partial charge in [-0.2, -0.15) is 5.10 Å². The number of hydrogen-bond acceptors (Lipinski definition) is 5. The van der Waals surface area contributed by atoms with E-state index in [0.29, 0.717) is 16.7 Å². The second-order valence-corrected chi connectivity index (χ2v) is 6.20. The fraction of sp³-hybridized carbons (Fsp3) is 0. The lowest BCUT2D eigenvalue weighted by molar-refractivity contribution is -0.136. The molecular weight excluding hydrogens is 370 g/mol. The van der Waals surface area contributed by atoms with Gasteiger partial charge >= 0.3 is 11.8 Å². The zero-order chi connectivity index (χ0) is 20.2. The van der Waals surface area contributed by atoms with Gasteiger partial charge in [0.1, 0.15) is 11.8 Å². The van der Waals surface area contributed by atoms with Crippen molar-refractivity contribution >= 4 is 45.5 Å². The van der Waals surface area contributed by atoms with E-state index in [9.17, 15) is 14.4 Å². The number of rotatable bonds is 3. The molecule has 0 radical (unpaired) electrons. The first-order valence-corrected chi connectivity index (χ1v) is 8.76. The normalized spacial score (nSPS) is 11.0. The smallest absolute Gasteiger partial charge is 0.329 e. The van der Waals surface area contributed by atoms with Gasteiger partial charge in [0.25, 0.3) is 0 Å². The zero-order valence-corrected chi connectivity index (χ0v) is 15.1. The van der Waals surface area contributed by atoms with Gasteiger partial charge in [0.15, 0.2) is 0 Å². The molecule has 3 aromatic carbocycles. The Balaban J connectivity index is 1.46. The monoisotopic (exact) mass is 385 g/mol. The van der Waals surface area contributed by atoms with Crippen LogP contribution in [0.25, 0.3) is 21.7 Å². The molecule has 2 N–H and O–H groups in total. The third-order valence-corrected chi connectivity index (χ3v) is 4.32. The molecule has 2 amide bonds. The molecule has 1 heterocycles. The molecule has 0 fully saturated rings. The molecule has 0 aliphatic heterocycles. The molecule has 29 heavy (non-hydrogen) atoms. The molecule has 7 heteroatoms. The van der Waals surface area contributed by atoms with Crippen molar-refractivity contribution < 1.29 is 14.0 Å². The molecule has 1 aromatic heterocycles. The van der Waals surface area contributed by atoms with Crippen molar-refractivity contribution in [3.8, 4) is 0 Å². The van der Waals surface area contributed by atoms with E-state index < -0.39 is 11.8 Å². The molecule has 0 unspecified atom stereocenters. The van der Waals surface area contributed by atoms with Crippen LogP contribution in [0.1, 0.15) is 5.56 Å². The molecule has 0 saturated heterocycles. The van der Waals surface area contributed by atoms with Gasteiger partial charge in [0.2, 0.25) is 5.43 Å². The van der Waals surface area contributed by atoms with Crippen LogP contribution in [0.4, 0.5) is 5.69 Å². The molecule has 0 aliphatic carbocycles. The lowest BCUT2D eigenvalue weighted by Crippen LogP contribution is -2.32. The summed E-state index contributed by atoms with van der Waals surface area (Å²) in [4.78, 5) is 36.6. The molecule has 4 rings (SSSR count). The number of hydrazone groups is 1. The Morgan fingerprint density at radius 1 is 0.862 bits per heavy atom. The number of carbonyl (C=O) groups excluding carboxylic acids is 2. The average Bonchev–Trinajstić information content (AvgIpc) is 2.75. The zero-order valence-electron chi connectivity index (χ0n) is 15.1. The summed E-state index contributed by atoms with van der Waals surface area (Å²) in [7, 11) is 0. The third-order valence-electron chi connectivity index (χ3n) is 4.32. The van der Waals surface area contributed by atoms with Gasteiger partial charge in [0, 0.05) is 11.1 Å². The number of carbonyl (C=O) groups is 2. The second kappa shape index (κ2) is 7.77. The number of anilines is 1. The van der Waals surface area contributed by atoms with Gasteiger partial charge in [-0.1, -0.05) is 48.5 Å². The summed E-state index contributed by atoms with van der Waals surface area (Å²) in [6.07, 6.45) is 2.39. The van der Waals surface area contributed by atoms with Crippen LogP contribution in [-0.4, -0.2) is 18.0 Å². The first kappa shape index (κ1) is 18.1. The van der Waals surface area contributed by atoms with Crippen molar-refractivity contribution in [2.24, 2.45) is 5.10 Å². The number of fused-ring (bicyclic) bond motifs is 2. The molecule has 0 aliphatic rings. The Bertz CT molecular complexity index is 1320. The Morgan fingerprint density at radius 2 is 1.59 bits per heavy atom. The number of nitrogens with zero attached hydrogens (tertiary/aromatic N) is 1. The molecule has 142 valence electrons. The maximum atomic E-state index is 12.4. The maximum Gasteiger partial charge on any atom is 0.329 e. The van der Waals surface area contributed by atoms with Crippen molar-refractivity contribution in [2.45, 2.75) is 0 Å². The highest BCUT2D eigenvalue weighted by molar-refractivity contribution is 6.40. The second-order valence-electron chi connectivity index (χ2n) is 6.20. The molecule has 0 saturated carbocycles. The van der Waals surface area contributed by atoms with Crippen LogP contribution in [0.15, 0.2) is 87.3 Å². The van der Waals surface area contributed by atoms with Gasteiger partial charge in [0.05, 0.1) is 17.2 Å². The number of nitrogens with one attached hydrogen (secondary N) is 2. The van der Waals surface area contributed by atoms with Crippen LogP contribution in [0.3, 0.4) is 0 Å². The number of para-hydroxylation sites is 1. The fourth-order valence-corrected chi connectivity index (χ4v) is 2.91. The summed E-state index contributed by atoms with van der Waals surface area (Å²) in [5, 5.41) is 8.40. The summed E-state index contributed by atoms with van der Waals surface area (Å²) >= 11 is 0. The topological polar surface area (TPSA) is 101 Å². The predicted octanol–water partition coefficient (Wildman–Crippen LogP) is 3.04. The molecule has 0 bridgehead atoms. The van der Waals surface area contributed by atoms with Crippen molar-refractivity contribution in [3.63, 3.8) is 0 Å². The van der Waals surface area contributed by atoms with Gasteiger partial charge in [-0.25, -0.2) is 5.43 Å². The number of amides is 2. The standard InChI is InChI=1S/C22H15N3O4/c26-20-15(13-29-19-11-4-3-9-17(19)20)12-23-25-22(28)21(27)24-18-10-5-7-14-6-1-2-8-16(14)18/h1-13H,(H,24,27)(H,25,28)/b23-12+. The largest absolute Gasteiger partial charge is 0.463 e. The minimum atomic E-state index is -0.959. The lowest BCUT2D eigenvalue weighted by atomic mass is 10.1. The van der Waals surface area contributed by atoms with Crippen LogP contribution < -0.4 is 16.2 Å². The minimum Gasteiger partial charge on any atom is -0.463 e. The lowest BCUT2D eigenvalue weighted by Gasteiger charge is -2.07. The van der Waals surface area contributed by atoms with E-state index in [1.165, 1.54) is 6.26 Å². The SMILES string of the molecule is O=C(N/N=C/c1coc2ccccc2c1=O)C(=O)Nc1cccc2ccccc12. The van der Waals surface area contributed by atoms with Crippen LogP contribution >= 0.6 is 0 Å². The maximum absolute atomic E-state index is 12.4. The van der Waals surface area contributed by atoms with Crippen LogP contribution in [0.5, 0.6) is 0 Å². The summed E-state index contributed by atoms with van der Waals surface area (Å²) in [6.45, 7) is 0. The highest BCUT2D eigenvalue weighted by atomic mass is 16.3.